The summed E-state index contributed by atoms with van der Waals surface area (Å²) in [6.45, 7) is 1.79. The third-order valence-corrected chi connectivity index (χ3v) is 3.47. The van der Waals surface area contributed by atoms with Crippen molar-refractivity contribution in [2.24, 2.45) is 5.92 Å². The zero-order chi connectivity index (χ0) is 12.4. The Morgan fingerprint density at radius 2 is 2.06 bits per heavy atom. The maximum Gasteiger partial charge on any atom is 0.309 e. The quantitative estimate of drug-likeness (QED) is 0.823. The summed E-state index contributed by atoms with van der Waals surface area (Å²) < 4.78 is 0. The SMILES string of the molecule is CCC(C(=O)O)C(O)c1ccccc1C1CC1. The van der Waals surface area contributed by atoms with E-state index in [1.165, 1.54) is 0 Å². The molecule has 1 saturated carbocycles. The standard InChI is InChI=1S/C14H18O3/c1-2-10(14(16)17)13(15)12-6-4-3-5-11(12)9-7-8-9/h3-6,9-10,13,15H,2,7-8H2,1H3,(H,16,17). The minimum atomic E-state index is -0.925. The van der Waals surface area contributed by atoms with Crippen LogP contribution in [0.4, 0.5) is 0 Å². The summed E-state index contributed by atoms with van der Waals surface area (Å²) in [5.41, 5.74) is 1.92. The molecule has 17 heavy (non-hydrogen) atoms. The van der Waals surface area contributed by atoms with E-state index in [4.69, 9.17) is 5.11 Å². The van der Waals surface area contributed by atoms with E-state index in [1.807, 2.05) is 24.3 Å². The molecule has 1 aliphatic rings. The lowest BCUT2D eigenvalue weighted by molar-refractivity contribution is -0.146. The van der Waals surface area contributed by atoms with Gasteiger partial charge in [0, 0.05) is 0 Å². The average Bonchev–Trinajstić information content (AvgIpc) is 3.13. The highest BCUT2D eigenvalue weighted by Crippen LogP contribution is 2.44. The largest absolute Gasteiger partial charge is 0.481 e. The molecule has 0 radical (unpaired) electrons. The van der Waals surface area contributed by atoms with E-state index in [1.54, 1.807) is 6.92 Å². The Labute approximate surface area is 101 Å². The average molecular weight is 234 g/mol. The number of rotatable bonds is 5. The summed E-state index contributed by atoms with van der Waals surface area (Å²) in [7, 11) is 0. The van der Waals surface area contributed by atoms with Gasteiger partial charge < -0.3 is 10.2 Å². The summed E-state index contributed by atoms with van der Waals surface area (Å²) in [5, 5.41) is 19.3. The summed E-state index contributed by atoms with van der Waals surface area (Å²) in [6, 6.07) is 7.67. The van der Waals surface area contributed by atoms with Gasteiger partial charge in [0.15, 0.2) is 0 Å². The number of hydrogen-bond donors (Lipinski definition) is 2. The number of carboxylic acid groups (broad SMARTS) is 1. The van der Waals surface area contributed by atoms with Crippen LogP contribution >= 0.6 is 0 Å². The Morgan fingerprint density at radius 1 is 1.41 bits per heavy atom. The number of benzene rings is 1. The molecule has 2 N–H and O–H groups in total. The van der Waals surface area contributed by atoms with Crippen molar-refractivity contribution in [3.8, 4) is 0 Å². The second-order valence-electron chi connectivity index (χ2n) is 4.70. The molecular weight excluding hydrogens is 216 g/mol. The van der Waals surface area contributed by atoms with Crippen molar-refractivity contribution in [1.82, 2.24) is 0 Å². The van der Waals surface area contributed by atoms with Gasteiger partial charge in [0.05, 0.1) is 12.0 Å². The second kappa shape index (κ2) is 4.88. The van der Waals surface area contributed by atoms with Crippen molar-refractivity contribution in [2.75, 3.05) is 0 Å². The fourth-order valence-electron chi connectivity index (χ4n) is 2.30. The third-order valence-electron chi connectivity index (χ3n) is 3.47. The molecule has 1 aliphatic carbocycles. The Balaban J connectivity index is 2.29. The van der Waals surface area contributed by atoms with Crippen molar-refractivity contribution < 1.29 is 15.0 Å². The molecule has 0 saturated heterocycles. The topological polar surface area (TPSA) is 57.5 Å². The predicted octanol–water partition coefficient (Wildman–Crippen LogP) is 2.71. The molecule has 0 spiro atoms. The van der Waals surface area contributed by atoms with Crippen LogP contribution < -0.4 is 0 Å². The second-order valence-corrected chi connectivity index (χ2v) is 4.70. The van der Waals surface area contributed by atoms with Crippen LogP contribution in [0.15, 0.2) is 24.3 Å². The summed E-state index contributed by atoms with van der Waals surface area (Å²) in [6.07, 6.45) is 1.84. The van der Waals surface area contributed by atoms with Crippen LogP contribution in [-0.2, 0) is 4.79 Å². The first-order valence-corrected chi connectivity index (χ1v) is 6.14. The van der Waals surface area contributed by atoms with E-state index in [0.29, 0.717) is 12.3 Å². The van der Waals surface area contributed by atoms with Crippen LogP contribution in [-0.4, -0.2) is 16.2 Å². The molecule has 3 heteroatoms. The Kier molecular flexibility index (Phi) is 3.48. The van der Waals surface area contributed by atoms with Gasteiger partial charge in [0.25, 0.3) is 0 Å². The molecule has 0 amide bonds. The fourth-order valence-corrected chi connectivity index (χ4v) is 2.30. The molecule has 2 atom stereocenters. The monoisotopic (exact) mass is 234 g/mol. The Hall–Kier alpha value is -1.35. The third kappa shape index (κ3) is 2.50. The molecular formula is C14H18O3. The number of carboxylic acids is 1. The normalized spacial score (nSPS) is 18.7. The first-order chi connectivity index (χ1) is 8.15. The van der Waals surface area contributed by atoms with Gasteiger partial charge in [0.2, 0.25) is 0 Å². The lowest BCUT2D eigenvalue weighted by atomic mass is 9.89. The first-order valence-electron chi connectivity index (χ1n) is 6.14. The molecule has 0 aliphatic heterocycles. The predicted molar refractivity (Wildman–Crippen MR) is 64.8 cm³/mol. The van der Waals surface area contributed by atoms with E-state index in [0.717, 1.165) is 24.0 Å². The number of aliphatic hydroxyl groups excluding tert-OH is 1. The van der Waals surface area contributed by atoms with Gasteiger partial charge in [0.1, 0.15) is 0 Å². The highest BCUT2D eigenvalue weighted by molar-refractivity contribution is 5.71. The minimum Gasteiger partial charge on any atom is -0.481 e. The highest BCUT2D eigenvalue weighted by Gasteiger charge is 2.32. The zero-order valence-corrected chi connectivity index (χ0v) is 9.97. The van der Waals surface area contributed by atoms with Crippen molar-refractivity contribution in [1.29, 1.82) is 0 Å². The number of hydrogen-bond acceptors (Lipinski definition) is 2. The van der Waals surface area contributed by atoms with E-state index in [2.05, 4.69) is 0 Å². The highest BCUT2D eigenvalue weighted by atomic mass is 16.4. The lowest BCUT2D eigenvalue weighted by Gasteiger charge is -2.20. The summed E-state index contributed by atoms with van der Waals surface area (Å²) in [5.74, 6) is -1.12. The summed E-state index contributed by atoms with van der Waals surface area (Å²) in [4.78, 5) is 11.1. The van der Waals surface area contributed by atoms with Crippen LogP contribution in [0.2, 0.25) is 0 Å². The minimum absolute atomic E-state index is 0.440. The van der Waals surface area contributed by atoms with Gasteiger partial charge in [-0.3, -0.25) is 4.79 Å². The van der Waals surface area contributed by atoms with Crippen LogP contribution in [0.25, 0.3) is 0 Å². The van der Waals surface area contributed by atoms with Crippen molar-refractivity contribution in [2.45, 2.75) is 38.2 Å². The van der Waals surface area contributed by atoms with Crippen LogP contribution in [0.3, 0.4) is 0 Å². The van der Waals surface area contributed by atoms with Crippen LogP contribution in [0.5, 0.6) is 0 Å². The Bertz CT molecular complexity index is 410. The number of carbonyl (C=O) groups is 1. The van der Waals surface area contributed by atoms with Crippen LogP contribution in [0.1, 0.15) is 49.3 Å². The molecule has 1 aromatic rings. The smallest absolute Gasteiger partial charge is 0.309 e. The molecule has 0 aromatic heterocycles. The maximum atomic E-state index is 11.1. The van der Waals surface area contributed by atoms with Gasteiger partial charge >= 0.3 is 5.97 Å². The fraction of sp³-hybridized carbons (Fsp3) is 0.500. The molecule has 1 fully saturated rings. The van der Waals surface area contributed by atoms with E-state index >= 15 is 0 Å². The molecule has 2 rings (SSSR count). The van der Waals surface area contributed by atoms with Gasteiger partial charge in [-0.25, -0.2) is 0 Å². The zero-order valence-electron chi connectivity index (χ0n) is 9.97. The lowest BCUT2D eigenvalue weighted by Crippen LogP contribution is -2.22. The van der Waals surface area contributed by atoms with Crippen molar-refractivity contribution in [3.63, 3.8) is 0 Å². The van der Waals surface area contributed by atoms with E-state index < -0.39 is 18.0 Å². The number of aliphatic carboxylic acids is 1. The van der Waals surface area contributed by atoms with Gasteiger partial charge in [-0.1, -0.05) is 31.2 Å². The molecule has 0 bridgehead atoms. The van der Waals surface area contributed by atoms with Crippen molar-refractivity contribution in [3.05, 3.63) is 35.4 Å². The van der Waals surface area contributed by atoms with E-state index in [-0.39, 0.29) is 0 Å². The summed E-state index contributed by atoms with van der Waals surface area (Å²) >= 11 is 0. The van der Waals surface area contributed by atoms with Gasteiger partial charge in [-0.05, 0) is 36.3 Å². The van der Waals surface area contributed by atoms with Gasteiger partial charge in [-0.15, -0.1) is 0 Å². The molecule has 92 valence electrons. The van der Waals surface area contributed by atoms with Crippen LogP contribution in [0, 0.1) is 5.92 Å². The maximum absolute atomic E-state index is 11.1. The first kappa shape index (κ1) is 12.1. The molecule has 0 heterocycles. The molecule has 1 aromatic carbocycles. The van der Waals surface area contributed by atoms with E-state index in [9.17, 15) is 9.90 Å². The molecule has 2 unspecified atom stereocenters. The molecule has 3 nitrogen and oxygen atoms in total. The van der Waals surface area contributed by atoms with Crippen molar-refractivity contribution >= 4 is 5.97 Å². The Morgan fingerprint density at radius 3 is 2.59 bits per heavy atom. The number of aliphatic hydroxyl groups is 1. The van der Waals surface area contributed by atoms with Gasteiger partial charge in [-0.2, -0.15) is 0 Å².